The van der Waals surface area contributed by atoms with Crippen molar-refractivity contribution >= 4 is 28.6 Å². The Kier molecular flexibility index (Phi) is 5.68. The van der Waals surface area contributed by atoms with Crippen LogP contribution >= 0.6 is 11.6 Å². The van der Waals surface area contributed by atoms with Gasteiger partial charge in [0.2, 0.25) is 11.8 Å². The number of rotatable bonds is 6. The Morgan fingerprint density at radius 2 is 2.07 bits per heavy atom. The number of halogens is 1. The molecule has 0 amide bonds. The third kappa shape index (κ3) is 3.99. The van der Waals surface area contributed by atoms with Gasteiger partial charge in [0, 0.05) is 59.4 Å². The number of fused-ring (bicyclic) bond motifs is 1. The number of piperazine rings is 1. The number of hydrogen-bond acceptors (Lipinski definition) is 7. The molecule has 4 heterocycles. The summed E-state index contributed by atoms with van der Waals surface area (Å²) in [6.45, 7) is 6.87. The zero-order chi connectivity index (χ0) is 18.8. The molecule has 0 saturated carbocycles. The molecule has 27 heavy (non-hydrogen) atoms. The molecule has 1 atom stereocenters. The van der Waals surface area contributed by atoms with Crippen LogP contribution in [0.25, 0.3) is 11.0 Å². The highest BCUT2D eigenvalue weighted by molar-refractivity contribution is 6.30. The SMILES string of the molecule is COCCN1CCN(c2nc3c(O[C@@H]4CCOC4)nc(Cl)cc3n2C)CC1. The summed E-state index contributed by atoms with van der Waals surface area (Å²) in [6.07, 6.45) is 0.868. The van der Waals surface area contributed by atoms with Gasteiger partial charge in [-0.15, -0.1) is 0 Å². The minimum Gasteiger partial charge on any atom is -0.470 e. The minimum atomic E-state index is 0.00829. The summed E-state index contributed by atoms with van der Waals surface area (Å²) in [4.78, 5) is 14.0. The van der Waals surface area contributed by atoms with Crippen molar-refractivity contribution < 1.29 is 14.2 Å². The smallest absolute Gasteiger partial charge is 0.244 e. The molecule has 0 aromatic carbocycles. The molecule has 0 bridgehead atoms. The van der Waals surface area contributed by atoms with Gasteiger partial charge in [0.1, 0.15) is 11.3 Å². The van der Waals surface area contributed by atoms with Gasteiger partial charge in [0.05, 0.1) is 25.3 Å². The Hall–Kier alpha value is -1.61. The van der Waals surface area contributed by atoms with E-state index in [2.05, 4.69) is 19.4 Å². The molecule has 2 aromatic rings. The van der Waals surface area contributed by atoms with E-state index in [-0.39, 0.29) is 6.10 Å². The van der Waals surface area contributed by atoms with Crippen LogP contribution in [0.4, 0.5) is 5.95 Å². The summed E-state index contributed by atoms with van der Waals surface area (Å²) in [5.41, 5.74) is 1.69. The Balaban J connectivity index is 1.56. The van der Waals surface area contributed by atoms with Crippen LogP contribution in [-0.2, 0) is 16.5 Å². The van der Waals surface area contributed by atoms with E-state index in [0.717, 1.165) is 69.3 Å². The molecule has 0 radical (unpaired) electrons. The number of aryl methyl sites for hydroxylation is 1. The second kappa shape index (κ2) is 8.18. The van der Waals surface area contributed by atoms with Gasteiger partial charge in [-0.3, -0.25) is 4.90 Å². The van der Waals surface area contributed by atoms with Gasteiger partial charge >= 0.3 is 0 Å². The van der Waals surface area contributed by atoms with Crippen molar-refractivity contribution in [2.24, 2.45) is 7.05 Å². The van der Waals surface area contributed by atoms with E-state index in [9.17, 15) is 0 Å². The lowest BCUT2D eigenvalue weighted by Crippen LogP contribution is -2.48. The summed E-state index contributed by atoms with van der Waals surface area (Å²) < 4.78 is 18.7. The van der Waals surface area contributed by atoms with Crippen molar-refractivity contribution in [1.29, 1.82) is 0 Å². The van der Waals surface area contributed by atoms with Gasteiger partial charge in [-0.05, 0) is 0 Å². The molecule has 148 valence electrons. The fraction of sp³-hybridized carbons (Fsp3) is 0.667. The van der Waals surface area contributed by atoms with Crippen LogP contribution in [0.5, 0.6) is 5.88 Å². The molecular weight excluding hydrogens is 370 g/mol. The number of imidazole rings is 1. The summed E-state index contributed by atoms with van der Waals surface area (Å²) in [5, 5.41) is 0.412. The maximum absolute atomic E-state index is 6.25. The van der Waals surface area contributed by atoms with E-state index in [1.807, 2.05) is 13.1 Å². The van der Waals surface area contributed by atoms with Crippen molar-refractivity contribution in [3.8, 4) is 5.88 Å². The van der Waals surface area contributed by atoms with Crippen molar-refractivity contribution in [2.45, 2.75) is 12.5 Å². The van der Waals surface area contributed by atoms with Gasteiger partial charge < -0.3 is 23.7 Å². The minimum absolute atomic E-state index is 0.00829. The van der Waals surface area contributed by atoms with Crippen molar-refractivity contribution in [3.63, 3.8) is 0 Å². The van der Waals surface area contributed by atoms with E-state index in [4.69, 9.17) is 30.8 Å². The van der Waals surface area contributed by atoms with Crippen molar-refractivity contribution in [3.05, 3.63) is 11.2 Å². The van der Waals surface area contributed by atoms with E-state index in [1.54, 1.807) is 7.11 Å². The highest BCUT2D eigenvalue weighted by atomic mass is 35.5. The van der Waals surface area contributed by atoms with E-state index in [0.29, 0.717) is 17.6 Å². The Morgan fingerprint density at radius 1 is 1.26 bits per heavy atom. The number of methoxy groups -OCH3 is 1. The van der Waals surface area contributed by atoms with Crippen LogP contribution in [0.1, 0.15) is 6.42 Å². The fourth-order valence-electron chi connectivity index (χ4n) is 3.64. The molecular formula is C18H26ClN5O3. The van der Waals surface area contributed by atoms with Gasteiger partial charge in [0.25, 0.3) is 0 Å². The number of pyridine rings is 1. The average molecular weight is 396 g/mol. The van der Waals surface area contributed by atoms with Crippen LogP contribution in [-0.4, -0.2) is 85.2 Å². The summed E-state index contributed by atoms with van der Waals surface area (Å²) in [5.74, 6) is 1.42. The predicted octanol–water partition coefficient (Wildman–Crippen LogP) is 1.56. The van der Waals surface area contributed by atoms with E-state index < -0.39 is 0 Å². The van der Waals surface area contributed by atoms with E-state index in [1.165, 1.54) is 0 Å². The predicted molar refractivity (Wildman–Crippen MR) is 104 cm³/mol. The normalized spacial score (nSPS) is 21.3. The molecule has 0 unspecified atom stereocenters. The number of ether oxygens (including phenoxy) is 3. The average Bonchev–Trinajstić information content (AvgIpc) is 3.29. The van der Waals surface area contributed by atoms with Gasteiger partial charge in [-0.25, -0.2) is 4.98 Å². The first kappa shape index (κ1) is 18.7. The van der Waals surface area contributed by atoms with Crippen molar-refractivity contribution in [2.75, 3.05) is 64.6 Å². The maximum Gasteiger partial charge on any atom is 0.244 e. The first-order valence-corrected chi connectivity index (χ1v) is 9.77. The summed E-state index contributed by atoms with van der Waals surface area (Å²) in [7, 11) is 3.76. The molecule has 2 fully saturated rings. The van der Waals surface area contributed by atoms with Crippen LogP contribution < -0.4 is 9.64 Å². The molecule has 2 aliphatic rings. The van der Waals surface area contributed by atoms with Crippen LogP contribution in [0.3, 0.4) is 0 Å². The molecule has 0 aliphatic carbocycles. The van der Waals surface area contributed by atoms with Gasteiger partial charge in [-0.2, -0.15) is 4.98 Å². The second-order valence-corrected chi connectivity index (χ2v) is 7.40. The molecule has 0 N–H and O–H groups in total. The molecule has 9 heteroatoms. The molecule has 4 rings (SSSR count). The Bertz CT molecular complexity index is 785. The molecule has 2 saturated heterocycles. The fourth-order valence-corrected chi connectivity index (χ4v) is 3.82. The molecule has 8 nitrogen and oxygen atoms in total. The first-order chi connectivity index (χ1) is 13.2. The second-order valence-electron chi connectivity index (χ2n) is 7.01. The molecule has 2 aromatic heterocycles. The van der Waals surface area contributed by atoms with Gasteiger partial charge in [0.15, 0.2) is 5.52 Å². The largest absolute Gasteiger partial charge is 0.470 e. The standard InChI is InChI=1S/C18H26ClN5O3/c1-22-14-11-15(19)20-17(27-13-3-9-26-12-13)16(14)21-18(22)24-6-4-23(5-7-24)8-10-25-2/h11,13H,3-10,12H2,1-2H3/t13-/m1/s1. The monoisotopic (exact) mass is 395 g/mol. The third-order valence-electron chi connectivity index (χ3n) is 5.22. The summed E-state index contributed by atoms with van der Waals surface area (Å²) in [6, 6.07) is 1.85. The number of aromatic nitrogens is 3. The summed E-state index contributed by atoms with van der Waals surface area (Å²) >= 11 is 6.25. The zero-order valence-electron chi connectivity index (χ0n) is 15.9. The van der Waals surface area contributed by atoms with E-state index >= 15 is 0 Å². The number of nitrogens with zero attached hydrogens (tertiary/aromatic N) is 5. The highest BCUT2D eigenvalue weighted by Gasteiger charge is 2.25. The van der Waals surface area contributed by atoms with Crippen LogP contribution in [0.15, 0.2) is 6.07 Å². The number of anilines is 1. The lowest BCUT2D eigenvalue weighted by Gasteiger charge is -2.35. The topological polar surface area (TPSA) is 64.9 Å². The number of hydrogen-bond donors (Lipinski definition) is 0. The molecule has 0 spiro atoms. The van der Waals surface area contributed by atoms with Crippen LogP contribution in [0.2, 0.25) is 5.15 Å². The lowest BCUT2D eigenvalue weighted by molar-refractivity contribution is 0.139. The first-order valence-electron chi connectivity index (χ1n) is 9.39. The Labute approximate surface area is 164 Å². The zero-order valence-corrected chi connectivity index (χ0v) is 16.6. The Morgan fingerprint density at radius 3 is 2.78 bits per heavy atom. The molecule has 2 aliphatic heterocycles. The highest BCUT2D eigenvalue weighted by Crippen LogP contribution is 2.31. The third-order valence-corrected chi connectivity index (χ3v) is 5.41. The van der Waals surface area contributed by atoms with Crippen molar-refractivity contribution in [1.82, 2.24) is 19.4 Å². The van der Waals surface area contributed by atoms with Gasteiger partial charge in [-0.1, -0.05) is 11.6 Å². The quantitative estimate of drug-likeness (QED) is 0.687. The van der Waals surface area contributed by atoms with Crippen LogP contribution in [0, 0.1) is 0 Å². The maximum atomic E-state index is 6.25. The lowest BCUT2D eigenvalue weighted by atomic mass is 10.3.